The van der Waals surface area contributed by atoms with E-state index in [9.17, 15) is 0 Å². The highest BCUT2D eigenvalue weighted by Crippen LogP contribution is 2.26. The van der Waals surface area contributed by atoms with Crippen molar-refractivity contribution in [2.45, 2.75) is 25.9 Å². The summed E-state index contributed by atoms with van der Waals surface area (Å²) in [5.41, 5.74) is 3.85. The van der Waals surface area contributed by atoms with Gasteiger partial charge in [-0.1, -0.05) is 30.3 Å². The molecule has 1 aliphatic rings. The van der Waals surface area contributed by atoms with Crippen LogP contribution in [0, 0.1) is 0 Å². The molecule has 0 aliphatic carbocycles. The molecule has 0 bridgehead atoms. The Morgan fingerprint density at radius 3 is 2.79 bits per heavy atom. The number of aryl methyl sites for hydroxylation is 1. The smallest absolute Gasteiger partial charge is 0.120 e. The molecule has 0 saturated carbocycles. The van der Waals surface area contributed by atoms with Crippen molar-refractivity contribution in [2.24, 2.45) is 0 Å². The Balaban J connectivity index is 1.70. The maximum Gasteiger partial charge on any atom is 0.120 e. The second-order valence-corrected chi connectivity index (χ2v) is 4.98. The van der Waals surface area contributed by atoms with Crippen LogP contribution in [-0.2, 0) is 13.0 Å². The van der Waals surface area contributed by atoms with Crippen molar-refractivity contribution >= 4 is 5.69 Å². The van der Waals surface area contributed by atoms with Gasteiger partial charge in [0.25, 0.3) is 0 Å². The van der Waals surface area contributed by atoms with Gasteiger partial charge in [-0.25, -0.2) is 0 Å². The number of rotatable bonds is 3. The zero-order valence-corrected chi connectivity index (χ0v) is 11.1. The number of hydrogen-bond acceptors (Lipinski definition) is 2. The van der Waals surface area contributed by atoms with Crippen molar-refractivity contribution in [1.82, 2.24) is 0 Å². The minimum atomic E-state index is 0.632. The molecular formula is C17H19NO. The van der Waals surface area contributed by atoms with Crippen LogP contribution in [-0.4, -0.2) is 6.54 Å². The fraction of sp³-hybridized carbons (Fsp3) is 0.294. The molecule has 98 valence electrons. The quantitative estimate of drug-likeness (QED) is 0.892. The van der Waals surface area contributed by atoms with Crippen LogP contribution in [0.3, 0.4) is 0 Å². The third-order valence-corrected chi connectivity index (χ3v) is 3.51. The van der Waals surface area contributed by atoms with E-state index >= 15 is 0 Å². The van der Waals surface area contributed by atoms with Crippen LogP contribution in [0.15, 0.2) is 48.5 Å². The minimum absolute atomic E-state index is 0.632. The maximum atomic E-state index is 5.87. The second kappa shape index (κ2) is 5.79. The lowest BCUT2D eigenvalue weighted by atomic mass is 10.1. The molecule has 0 amide bonds. The first kappa shape index (κ1) is 12.1. The SMILES string of the molecule is c1ccc(COc2ccc3c(c2)CCCCN3)cc1. The number of anilines is 1. The molecular weight excluding hydrogens is 234 g/mol. The first-order valence-corrected chi connectivity index (χ1v) is 6.95. The monoisotopic (exact) mass is 253 g/mol. The molecule has 1 N–H and O–H groups in total. The molecule has 19 heavy (non-hydrogen) atoms. The zero-order chi connectivity index (χ0) is 12.9. The van der Waals surface area contributed by atoms with Gasteiger partial charge in [0, 0.05) is 12.2 Å². The normalized spacial score (nSPS) is 14.1. The number of benzene rings is 2. The van der Waals surface area contributed by atoms with Crippen LogP contribution in [0.1, 0.15) is 24.0 Å². The highest BCUT2D eigenvalue weighted by Gasteiger charge is 2.08. The Labute approximate surface area is 114 Å². The Morgan fingerprint density at radius 1 is 1.00 bits per heavy atom. The van der Waals surface area contributed by atoms with E-state index in [1.54, 1.807) is 0 Å². The van der Waals surface area contributed by atoms with Crippen LogP contribution in [0.4, 0.5) is 5.69 Å². The average molecular weight is 253 g/mol. The molecule has 2 heteroatoms. The predicted octanol–water partition coefficient (Wildman–Crippen LogP) is 4.01. The van der Waals surface area contributed by atoms with E-state index in [1.807, 2.05) is 18.2 Å². The van der Waals surface area contributed by atoms with Gasteiger partial charge in [0.2, 0.25) is 0 Å². The topological polar surface area (TPSA) is 21.3 Å². The molecule has 3 rings (SSSR count). The van der Waals surface area contributed by atoms with Gasteiger partial charge in [0.15, 0.2) is 0 Å². The number of nitrogens with one attached hydrogen (secondary N) is 1. The summed E-state index contributed by atoms with van der Waals surface area (Å²) in [6, 6.07) is 16.7. The van der Waals surface area contributed by atoms with Crippen LogP contribution in [0.5, 0.6) is 5.75 Å². The van der Waals surface area contributed by atoms with Crippen LogP contribution in [0.25, 0.3) is 0 Å². The molecule has 0 spiro atoms. The molecule has 0 radical (unpaired) electrons. The van der Waals surface area contributed by atoms with E-state index in [4.69, 9.17) is 4.74 Å². The summed E-state index contributed by atoms with van der Waals surface area (Å²) in [6.45, 7) is 1.71. The van der Waals surface area contributed by atoms with Crippen LogP contribution in [0.2, 0.25) is 0 Å². The Kier molecular flexibility index (Phi) is 3.68. The molecule has 2 aromatic rings. The standard InChI is InChI=1S/C17H19NO/c1-2-6-14(7-3-1)13-19-16-9-10-17-15(12-16)8-4-5-11-18-17/h1-3,6-7,9-10,12,18H,4-5,8,11,13H2. The maximum absolute atomic E-state index is 5.87. The Hall–Kier alpha value is -1.96. The zero-order valence-electron chi connectivity index (χ0n) is 11.1. The predicted molar refractivity (Wildman–Crippen MR) is 78.6 cm³/mol. The first-order chi connectivity index (χ1) is 9.42. The van der Waals surface area contributed by atoms with Gasteiger partial charge in [-0.05, 0) is 48.6 Å². The van der Waals surface area contributed by atoms with Gasteiger partial charge in [-0.3, -0.25) is 0 Å². The van der Waals surface area contributed by atoms with Crippen LogP contribution >= 0.6 is 0 Å². The lowest BCUT2D eigenvalue weighted by Gasteiger charge is -2.11. The molecule has 0 atom stereocenters. The fourth-order valence-electron chi connectivity index (χ4n) is 2.44. The van der Waals surface area contributed by atoms with Crippen molar-refractivity contribution < 1.29 is 4.74 Å². The van der Waals surface area contributed by atoms with Gasteiger partial charge >= 0.3 is 0 Å². The van der Waals surface area contributed by atoms with Gasteiger partial charge in [0.1, 0.15) is 12.4 Å². The summed E-state index contributed by atoms with van der Waals surface area (Å²) in [4.78, 5) is 0. The largest absolute Gasteiger partial charge is 0.489 e. The third-order valence-electron chi connectivity index (χ3n) is 3.51. The van der Waals surface area contributed by atoms with E-state index in [0.29, 0.717) is 6.61 Å². The average Bonchev–Trinajstić information content (AvgIpc) is 2.71. The van der Waals surface area contributed by atoms with E-state index in [-0.39, 0.29) is 0 Å². The second-order valence-electron chi connectivity index (χ2n) is 4.98. The number of fused-ring (bicyclic) bond motifs is 1. The molecule has 0 saturated heterocycles. The lowest BCUT2D eigenvalue weighted by Crippen LogP contribution is -2.00. The number of ether oxygens (including phenoxy) is 1. The fourth-order valence-corrected chi connectivity index (χ4v) is 2.44. The van der Waals surface area contributed by atoms with E-state index < -0.39 is 0 Å². The van der Waals surface area contributed by atoms with Gasteiger partial charge in [0.05, 0.1) is 0 Å². The van der Waals surface area contributed by atoms with Gasteiger partial charge < -0.3 is 10.1 Å². The summed E-state index contributed by atoms with van der Waals surface area (Å²) in [5, 5.41) is 3.47. The van der Waals surface area contributed by atoms with Gasteiger partial charge in [-0.15, -0.1) is 0 Å². The summed E-state index contributed by atoms with van der Waals surface area (Å²) in [5.74, 6) is 0.964. The molecule has 0 unspecified atom stereocenters. The summed E-state index contributed by atoms with van der Waals surface area (Å²) in [6.07, 6.45) is 3.64. The summed E-state index contributed by atoms with van der Waals surface area (Å²) < 4.78 is 5.87. The number of hydrogen-bond donors (Lipinski definition) is 1. The van der Waals surface area contributed by atoms with E-state index in [1.165, 1.54) is 29.7 Å². The molecule has 2 aromatic carbocycles. The third kappa shape index (κ3) is 3.08. The Bertz CT molecular complexity index is 536. The lowest BCUT2D eigenvalue weighted by molar-refractivity contribution is 0.306. The summed E-state index contributed by atoms with van der Waals surface area (Å²) in [7, 11) is 0. The van der Waals surface area contributed by atoms with E-state index in [0.717, 1.165) is 18.7 Å². The van der Waals surface area contributed by atoms with Crippen molar-refractivity contribution in [3.8, 4) is 5.75 Å². The highest BCUT2D eigenvalue weighted by atomic mass is 16.5. The van der Waals surface area contributed by atoms with Crippen molar-refractivity contribution in [1.29, 1.82) is 0 Å². The van der Waals surface area contributed by atoms with E-state index in [2.05, 4.69) is 35.6 Å². The van der Waals surface area contributed by atoms with Crippen molar-refractivity contribution in [2.75, 3.05) is 11.9 Å². The molecule has 0 fully saturated rings. The van der Waals surface area contributed by atoms with Crippen molar-refractivity contribution in [3.63, 3.8) is 0 Å². The Morgan fingerprint density at radius 2 is 1.89 bits per heavy atom. The van der Waals surface area contributed by atoms with Crippen molar-refractivity contribution in [3.05, 3.63) is 59.7 Å². The molecule has 0 aromatic heterocycles. The minimum Gasteiger partial charge on any atom is -0.489 e. The first-order valence-electron chi connectivity index (χ1n) is 6.95. The molecule has 2 nitrogen and oxygen atoms in total. The van der Waals surface area contributed by atoms with Gasteiger partial charge in [-0.2, -0.15) is 0 Å². The van der Waals surface area contributed by atoms with Crippen LogP contribution < -0.4 is 10.1 Å². The highest BCUT2D eigenvalue weighted by molar-refractivity contribution is 5.55. The molecule has 1 aliphatic heterocycles. The molecule has 1 heterocycles. The summed E-state index contributed by atoms with van der Waals surface area (Å²) >= 11 is 0.